The third kappa shape index (κ3) is 2.40. The second kappa shape index (κ2) is 6.16. The maximum Gasteiger partial charge on any atom is 0.469 e. The topological polar surface area (TPSA) is 106 Å². The molecule has 1 aliphatic rings. The van der Waals surface area contributed by atoms with Crippen LogP contribution in [0.25, 0.3) is 16.5 Å². The summed E-state index contributed by atoms with van der Waals surface area (Å²) in [4.78, 5) is 23.4. The lowest BCUT2D eigenvalue weighted by Gasteiger charge is -2.03. The molecule has 7 nitrogen and oxygen atoms in total. The third-order valence-electron chi connectivity index (χ3n) is 4.14. The fraction of sp³-hybridized carbons (Fsp3) is 0. The fourth-order valence-electron chi connectivity index (χ4n) is 2.99. The first kappa shape index (κ1) is 15.6. The van der Waals surface area contributed by atoms with Crippen LogP contribution in [0.5, 0.6) is 0 Å². The number of allylic oxidation sites excluding steroid dienone is 1. The molecule has 0 fully saturated rings. The third-order valence-corrected chi connectivity index (χ3v) is 4.14. The number of hydrogen-bond acceptors (Lipinski definition) is 5. The molecule has 0 aliphatic carbocycles. The van der Waals surface area contributed by atoms with Crippen molar-refractivity contribution in [3.05, 3.63) is 93.9 Å². The first-order valence-electron chi connectivity index (χ1n) is 7.83. The summed E-state index contributed by atoms with van der Waals surface area (Å²) in [5, 5.41) is 13.4. The monoisotopic (exact) mass is 342 g/mol. The smallest absolute Gasteiger partial charge is 0.258 e. The van der Waals surface area contributed by atoms with Gasteiger partial charge in [-0.1, -0.05) is 54.6 Å². The minimum atomic E-state index is -0.550. The van der Waals surface area contributed by atoms with Crippen LogP contribution in [0.4, 0.5) is 0 Å². The maximum atomic E-state index is 11.7. The van der Waals surface area contributed by atoms with Crippen molar-refractivity contribution in [1.82, 2.24) is 4.98 Å². The van der Waals surface area contributed by atoms with Gasteiger partial charge in [-0.25, -0.2) is 4.99 Å². The quantitative estimate of drug-likeness (QED) is 0.341. The number of pyridine rings is 1. The van der Waals surface area contributed by atoms with Gasteiger partial charge < -0.3 is 0 Å². The zero-order valence-electron chi connectivity index (χ0n) is 13.5. The van der Waals surface area contributed by atoms with E-state index in [1.807, 2.05) is 36.4 Å². The Morgan fingerprint density at radius 1 is 1.00 bits per heavy atom. The summed E-state index contributed by atoms with van der Waals surface area (Å²) in [6.45, 7) is 0. The van der Waals surface area contributed by atoms with Crippen molar-refractivity contribution in [2.75, 3.05) is 0 Å². The summed E-state index contributed by atoms with van der Waals surface area (Å²) in [5.74, 6) is 0. The SMILES string of the molecule is N=[N+]=C1C(c2ccccc2)=NC(c2nccc3ccccc23)=C1[N+](=O)[O-]. The molecule has 0 saturated carbocycles. The average Bonchev–Trinajstić information content (AvgIpc) is 3.08. The molecule has 0 radical (unpaired) electrons. The van der Waals surface area contributed by atoms with Gasteiger partial charge in [-0.3, -0.25) is 15.1 Å². The van der Waals surface area contributed by atoms with E-state index in [0.29, 0.717) is 17.0 Å². The first-order valence-corrected chi connectivity index (χ1v) is 7.83. The van der Waals surface area contributed by atoms with Crippen molar-refractivity contribution in [2.45, 2.75) is 0 Å². The van der Waals surface area contributed by atoms with E-state index in [9.17, 15) is 10.1 Å². The molecule has 1 aromatic heterocycles. The van der Waals surface area contributed by atoms with Gasteiger partial charge in [-0.05, 0) is 11.5 Å². The number of nitrogens with one attached hydrogen (secondary N) is 1. The van der Waals surface area contributed by atoms with Crippen molar-refractivity contribution in [1.29, 1.82) is 5.53 Å². The Morgan fingerprint density at radius 3 is 2.46 bits per heavy atom. The Labute approximate surface area is 147 Å². The van der Waals surface area contributed by atoms with Gasteiger partial charge in [0, 0.05) is 17.1 Å². The van der Waals surface area contributed by atoms with Crippen LogP contribution < -0.4 is 0 Å². The number of aliphatic imine (C=N–C) groups is 1. The molecular formula is C19H12N5O2+. The number of fused-ring (bicyclic) bond motifs is 1. The van der Waals surface area contributed by atoms with Gasteiger partial charge in [0.25, 0.3) is 0 Å². The second-order valence-electron chi connectivity index (χ2n) is 5.62. The maximum absolute atomic E-state index is 11.7. The van der Waals surface area contributed by atoms with Crippen LogP contribution in [0.2, 0.25) is 0 Å². The molecule has 4 rings (SSSR count). The van der Waals surface area contributed by atoms with Crippen molar-refractivity contribution < 1.29 is 9.71 Å². The molecule has 0 spiro atoms. The predicted octanol–water partition coefficient (Wildman–Crippen LogP) is 3.36. The molecule has 3 aromatic rings. The molecular weight excluding hydrogens is 330 g/mol. The average molecular weight is 342 g/mol. The van der Waals surface area contributed by atoms with Gasteiger partial charge in [0.2, 0.25) is 0 Å². The zero-order chi connectivity index (χ0) is 18.1. The first-order chi connectivity index (χ1) is 12.7. The normalized spacial score (nSPS) is 13.7. The van der Waals surface area contributed by atoms with Crippen LogP contribution in [0.3, 0.4) is 0 Å². The molecule has 26 heavy (non-hydrogen) atoms. The van der Waals surface area contributed by atoms with E-state index in [4.69, 9.17) is 5.53 Å². The Bertz CT molecular complexity index is 1150. The van der Waals surface area contributed by atoms with E-state index in [0.717, 1.165) is 10.8 Å². The second-order valence-corrected chi connectivity index (χ2v) is 5.62. The van der Waals surface area contributed by atoms with Gasteiger partial charge in [0.15, 0.2) is 11.4 Å². The Hall–Kier alpha value is -3.96. The van der Waals surface area contributed by atoms with E-state index in [2.05, 4.69) is 14.8 Å². The number of nitro groups is 1. The molecule has 0 unspecified atom stereocenters. The molecule has 0 bridgehead atoms. The van der Waals surface area contributed by atoms with E-state index >= 15 is 0 Å². The summed E-state index contributed by atoms with van der Waals surface area (Å²) in [6.07, 6.45) is 1.59. The summed E-state index contributed by atoms with van der Waals surface area (Å²) in [7, 11) is 0. The van der Waals surface area contributed by atoms with Crippen LogP contribution in [0.1, 0.15) is 11.3 Å². The number of nitrogens with zero attached hydrogens (tertiary/aromatic N) is 4. The zero-order valence-corrected chi connectivity index (χ0v) is 13.5. The summed E-state index contributed by atoms with van der Waals surface area (Å²) >= 11 is 0. The minimum Gasteiger partial charge on any atom is -0.258 e. The lowest BCUT2D eigenvalue weighted by Crippen LogP contribution is -2.19. The number of aromatic nitrogens is 1. The minimum absolute atomic E-state index is 0.0639. The largest absolute Gasteiger partial charge is 0.469 e. The van der Waals surface area contributed by atoms with Crippen molar-refractivity contribution in [2.24, 2.45) is 4.99 Å². The standard InChI is InChI=1S/C19H12N5O2/c20-23-18-15(13-7-2-1-3-8-13)22-17(19(18)24(25)26)16-14-9-5-4-6-12(14)10-11-21-16/h1-11,20H/q+1. The highest BCUT2D eigenvalue weighted by atomic mass is 16.6. The van der Waals surface area contributed by atoms with Crippen LogP contribution in [0, 0.1) is 15.6 Å². The molecule has 2 aromatic carbocycles. The lowest BCUT2D eigenvalue weighted by atomic mass is 10.0. The van der Waals surface area contributed by atoms with Gasteiger partial charge in [0.05, 0.1) is 15.2 Å². The van der Waals surface area contributed by atoms with E-state index in [1.54, 1.807) is 30.5 Å². The highest BCUT2D eigenvalue weighted by molar-refractivity contribution is 6.54. The van der Waals surface area contributed by atoms with Gasteiger partial charge in [-0.15, -0.1) is 0 Å². The van der Waals surface area contributed by atoms with Crippen LogP contribution in [-0.4, -0.2) is 26.1 Å². The van der Waals surface area contributed by atoms with Gasteiger partial charge >= 0.3 is 11.4 Å². The van der Waals surface area contributed by atoms with E-state index < -0.39 is 4.92 Å². The van der Waals surface area contributed by atoms with E-state index in [1.165, 1.54) is 0 Å². The summed E-state index contributed by atoms with van der Waals surface area (Å²) in [5.41, 5.74) is 8.59. The Morgan fingerprint density at radius 2 is 1.73 bits per heavy atom. The summed E-state index contributed by atoms with van der Waals surface area (Å²) in [6, 6.07) is 18.3. The Kier molecular flexibility index (Phi) is 3.69. The van der Waals surface area contributed by atoms with Crippen molar-refractivity contribution in [3.8, 4) is 0 Å². The van der Waals surface area contributed by atoms with Gasteiger partial charge in [-0.2, -0.15) is 0 Å². The molecule has 2 heterocycles. The molecule has 0 atom stereocenters. The summed E-state index contributed by atoms with van der Waals surface area (Å²) < 4.78 is 0. The Balaban J connectivity index is 2.02. The molecule has 0 saturated heterocycles. The van der Waals surface area contributed by atoms with Crippen molar-refractivity contribution in [3.63, 3.8) is 0 Å². The van der Waals surface area contributed by atoms with E-state index in [-0.39, 0.29) is 17.1 Å². The molecule has 124 valence electrons. The number of hydrogen-bond donors (Lipinski definition) is 1. The van der Waals surface area contributed by atoms with Crippen LogP contribution in [-0.2, 0) is 0 Å². The van der Waals surface area contributed by atoms with Crippen molar-refractivity contribution >= 4 is 27.9 Å². The molecule has 1 N–H and O–H groups in total. The molecule has 1 aliphatic heterocycles. The highest BCUT2D eigenvalue weighted by Crippen LogP contribution is 2.32. The number of rotatable bonds is 3. The van der Waals surface area contributed by atoms with Gasteiger partial charge in [0.1, 0.15) is 5.69 Å². The highest BCUT2D eigenvalue weighted by Gasteiger charge is 2.46. The van der Waals surface area contributed by atoms with Crippen LogP contribution in [0.15, 0.2) is 77.5 Å². The number of benzene rings is 2. The van der Waals surface area contributed by atoms with Crippen LogP contribution >= 0.6 is 0 Å². The molecule has 7 heteroatoms. The lowest BCUT2D eigenvalue weighted by molar-refractivity contribution is -0.416. The molecule has 0 amide bonds. The predicted molar refractivity (Wildman–Crippen MR) is 96.6 cm³/mol. The fourth-order valence-corrected chi connectivity index (χ4v) is 2.99.